The predicted octanol–water partition coefficient (Wildman–Crippen LogP) is 2.52. The molecule has 11 heteroatoms. The molecule has 0 saturated carbocycles. The summed E-state index contributed by atoms with van der Waals surface area (Å²) in [5.41, 5.74) is -0.176. The van der Waals surface area contributed by atoms with Gasteiger partial charge in [0.15, 0.2) is 5.57 Å². The third-order valence-electron chi connectivity index (χ3n) is 2.88. The lowest BCUT2D eigenvalue weighted by Crippen LogP contribution is -2.31. The summed E-state index contributed by atoms with van der Waals surface area (Å²) in [6.45, 7) is 1.58. The van der Waals surface area contributed by atoms with Gasteiger partial charge in [0.25, 0.3) is 5.69 Å². The molecule has 0 fully saturated rings. The lowest BCUT2D eigenvalue weighted by atomic mass is 10.1. The maximum Gasteiger partial charge on any atom is 0.416 e. The number of ether oxygens (including phenoxy) is 1. The molecule has 0 atom stereocenters. The summed E-state index contributed by atoms with van der Waals surface area (Å²) in [6.07, 6.45) is -3.80. The van der Waals surface area contributed by atoms with Crippen molar-refractivity contribution >= 4 is 17.3 Å². The molecule has 0 unspecified atom stereocenters. The summed E-state index contributed by atoms with van der Waals surface area (Å²) in [4.78, 5) is 21.5. The standard InChI is InChI=1S/C14H13F3N4O4/c1-3-25-13(22)9(7-18)8-19-20(2)11-5-4-10(14(15,16)17)6-12(11)21(23)24/h4-6,8,19H,3H2,1-2H3. The molecule has 8 nitrogen and oxygen atoms in total. The molecule has 134 valence electrons. The fourth-order valence-corrected chi connectivity index (χ4v) is 1.71. The van der Waals surface area contributed by atoms with E-state index < -0.39 is 33.9 Å². The van der Waals surface area contributed by atoms with E-state index in [9.17, 15) is 28.1 Å². The molecule has 0 spiro atoms. The van der Waals surface area contributed by atoms with Gasteiger partial charge in [0.05, 0.1) is 17.1 Å². The number of rotatable bonds is 6. The van der Waals surface area contributed by atoms with E-state index in [-0.39, 0.29) is 12.3 Å². The van der Waals surface area contributed by atoms with Crippen molar-refractivity contribution in [2.75, 3.05) is 18.7 Å². The Morgan fingerprint density at radius 3 is 2.64 bits per heavy atom. The number of nitro groups is 1. The first-order valence-corrected chi connectivity index (χ1v) is 6.74. The van der Waals surface area contributed by atoms with E-state index in [2.05, 4.69) is 10.2 Å². The zero-order valence-electron chi connectivity index (χ0n) is 13.1. The Hall–Kier alpha value is -3.29. The van der Waals surface area contributed by atoms with E-state index in [0.29, 0.717) is 12.1 Å². The number of nitriles is 1. The first-order chi connectivity index (χ1) is 11.6. The monoisotopic (exact) mass is 358 g/mol. The number of nitrogens with zero attached hydrogens (tertiary/aromatic N) is 3. The highest BCUT2D eigenvalue weighted by Gasteiger charge is 2.33. The number of nitrogens with one attached hydrogen (secondary N) is 1. The van der Waals surface area contributed by atoms with Gasteiger partial charge in [-0.15, -0.1) is 0 Å². The van der Waals surface area contributed by atoms with Crippen LogP contribution in [-0.4, -0.2) is 24.5 Å². The van der Waals surface area contributed by atoms with Gasteiger partial charge in [0, 0.05) is 19.3 Å². The van der Waals surface area contributed by atoms with Gasteiger partial charge in [-0.3, -0.25) is 15.1 Å². The van der Waals surface area contributed by atoms with Crippen LogP contribution < -0.4 is 10.4 Å². The summed E-state index contributed by atoms with van der Waals surface area (Å²) in [5.74, 6) is -0.909. The molecular weight excluding hydrogens is 345 g/mol. The Kier molecular flexibility index (Phi) is 6.32. The number of hydrazine groups is 1. The molecule has 0 heterocycles. The largest absolute Gasteiger partial charge is 0.462 e. The second-order valence-corrected chi connectivity index (χ2v) is 4.54. The maximum atomic E-state index is 12.7. The van der Waals surface area contributed by atoms with E-state index in [1.54, 1.807) is 6.07 Å². The number of anilines is 1. The SMILES string of the molecule is CCOC(=O)C(C#N)=CNN(C)c1ccc(C(F)(F)F)cc1[N+](=O)[O-]. The first kappa shape index (κ1) is 19.8. The molecule has 0 amide bonds. The van der Waals surface area contributed by atoms with E-state index in [1.807, 2.05) is 0 Å². The number of nitro benzene ring substituents is 1. The molecule has 0 aliphatic carbocycles. The number of benzene rings is 1. The Morgan fingerprint density at radius 2 is 2.16 bits per heavy atom. The maximum absolute atomic E-state index is 12.7. The van der Waals surface area contributed by atoms with Gasteiger partial charge >= 0.3 is 12.1 Å². The molecular formula is C14H13F3N4O4. The van der Waals surface area contributed by atoms with Gasteiger partial charge < -0.3 is 10.2 Å². The molecule has 0 aliphatic rings. The number of carbonyl (C=O) groups excluding carboxylic acids is 1. The fraction of sp³-hybridized carbons (Fsp3) is 0.286. The molecule has 1 rings (SSSR count). The number of hydrogen-bond acceptors (Lipinski definition) is 7. The predicted molar refractivity (Wildman–Crippen MR) is 80.0 cm³/mol. The average Bonchev–Trinajstić information content (AvgIpc) is 2.54. The zero-order valence-corrected chi connectivity index (χ0v) is 13.1. The van der Waals surface area contributed by atoms with Crippen LogP contribution in [0, 0.1) is 21.4 Å². The van der Waals surface area contributed by atoms with Crippen molar-refractivity contribution in [3.05, 3.63) is 45.6 Å². The molecule has 0 saturated heterocycles. The third-order valence-corrected chi connectivity index (χ3v) is 2.88. The molecule has 0 aliphatic heterocycles. The topological polar surface area (TPSA) is 108 Å². The van der Waals surface area contributed by atoms with E-state index in [1.165, 1.54) is 14.0 Å². The second-order valence-electron chi connectivity index (χ2n) is 4.54. The van der Waals surface area contributed by atoms with Gasteiger partial charge in [0.2, 0.25) is 0 Å². The number of halogens is 3. The smallest absolute Gasteiger partial charge is 0.416 e. The molecule has 0 radical (unpaired) electrons. The molecule has 1 N–H and O–H groups in total. The van der Waals surface area contributed by atoms with Gasteiger partial charge in [-0.25, -0.2) is 4.79 Å². The summed E-state index contributed by atoms with van der Waals surface area (Å²) < 4.78 is 42.7. The van der Waals surface area contributed by atoms with Crippen LogP contribution in [-0.2, 0) is 15.7 Å². The van der Waals surface area contributed by atoms with Crippen molar-refractivity contribution in [2.24, 2.45) is 0 Å². The van der Waals surface area contributed by atoms with Gasteiger partial charge in [0.1, 0.15) is 11.8 Å². The second kappa shape index (κ2) is 8.00. The van der Waals surface area contributed by atoms with Crippen molar-refractivity contribution in [1.29, 1.82) is 5.26 Å². The van der Waals surface area contributed by atoms with E-state index >= 15 is 0 Å². The fourth-order valence-electron chi connectivity index (χ4n) is 1.71. The number of alkyl halides is 3. The van der Waals surface area contributed by atoms with Crippen LogP contribution in [0.1, 0.15) is 12.5 Å². The van der Waals surface area contributed by atoms with Crippen LogP contribution >= 0.6 is 0 Å². The number of esters is 1. The lowest BCUT2D eigenvalue weighted by Gasteiger charge is -2.19. The van der Waals surface area contributed by atoms with Crippen LogP contribution in [0.5, 0.6) is 0 Å². The van der Waals surface area contributed by atoms with Gasteiger partial charge in [-0.1, -0.05) is 0 Å². The quantitative estimate of drug-likeness (QED) is 0.274. The zero-order chi connectivity index (χ0) is 19.2. The van der Waals surface area contributed by atoms with Crippen molar-refractivity contribution in [3.8, 4) is 6.07 Å². The van der Waals surface area contributed by atoms with Crippen molar-refractivity contribution in [3.63, 3.8) is 0 Å². The van der Waals surface area contributed by atoms with Gasteiger partial charge in [-0.05, 0) is 19.1 Å². The van der Waals surface area contributed by atoms with Crippen LogP contribution in [0.4, 0.5) is 24.5 Å². The van der Waals surface area contributed by atoms with Crippen LogP contribution in [0.15, 0.2) is 30.0 Å². The molecule has 1 aromatic rings. The Balaban J connectivity index is 3.13. The van der Waals surface area contributed by atoms with Crippen LogP contribution in [0.2, 0.25) is 0 Å². The minimum Gasteiger partial charge on any atom is -0.462 e. The van der Waals surface area contributed by atoms with E-state index in [0.717, 1.165) is 17.3 Å². The van der Waals surface area contributed by atoms with Crippen molar-refractivity contribution in [1.82, 2.24) is 5.43 Å². The highest BCUT2D eigenvalue weighted by Crippen LogP contribution is 2.35. The van der Waals surface area contributed by atoms with E-state index in [4.69, 9.17) is 5.26 Å². The molecule has 0 bridgehead atoms. The Morgan fingerprint density at radius 1 is 1.52 bits per heavy atom. The third kappa shape index (κ3) is 5.10. The highest BCUT2D eigenvalue weighted by atomic mass is 19.4. The minimum absolute atomic E-state index is 0.0398. The molecule has 1 aromatic carbocycles. The summed E-state index contributed by atoms with van der Waals surface area (Å²) >= 11 is 0. The van der Waals surface area contributed by atoms with Crippen LogP contribution in [0.25, 0.3) is 0 Å². The van der Waals surface area contributed by atoms with Crippen molar-refractivity contribution in [2.45, 2.75) is 13.1 Å². The lowest BCUT2D eigenvalue weighted by molar-refractivity contribution is -0.384. The molecule has 25 heavy (non-hydrogen) atoms. The number of carbonyl (C=O) groups is 1. The Labute approximate surface area is 140 Å². The van der Waals surface area contributed by atoms with Crippen molar-refractivity contribution < 1.29 is 27.6 Å². The first-order valence-electron chi connectivity index (χ1n) is 6.74. The Bertz CT molecular complexity index is 741. The van der Waals surface area contributed by atoms with Crippen LogP contribution in [0.3, 0.4) is 0 Å². The summed E-state index contributed by atoms with van der Waals surface area (Å²) in [7, 11) is 1.27. The number of hydrogen-bond donors (Lipinski definition) is 1. The minimum atomic E-state index is -4.73. The highest BCUT2D eigenvalue weighted by molar-refractivity contribution is 5.92. The summed E-state index contributed by atoms with van der Waals surface area (Å²) in [5, 5.41) is 20.9. The average molecular weight is 358 g/mol. The summed E-state index contributed by atoms with van der Waals surface area (Å²) in [6, 6.07) is 3.55. The van der Waals surface area contributed by atoms with Gasteiger partial charge in [-0.2, -0.15) is 18.4 Å². The molecule has 0 aromatic heterocycles. The normalized spacial score (nSPS) is 11.4.